The molecule has 0 N–H and O–H groups in total. The maximum absolute atomic E-state index is 5.49. The molecule has 0 radical (unpaired) electrons. The third kappa shape index (κ3) is 4.34. The van der Waals surface area contributed by atoms with E-state index in [-0.39, 0.29) is 0 Å². The second-order valence-electron chi connectivity index (χ2n) is 10.5. The van der Waals surface area contributed by atoms with E-state index in [2.05, 4.69) is 145 Å². The molecule has 7 rings (SSSR count). The summed E-state index contributed by atoms with van der Waals surface area (Å²) in [6, 6.07) is 48.8. The van der Waals surface area contributed by atoms with Crippen molar-refractivity contribution in [2.75, 3.05) is 10.0 Å². The van der Waals surface area contributed by atoms with Crippen molar-refractivity contribution in [3.63, 3.8) is 0 Å². The Kier molecular flexibility index (Phi) is 6.44. The van der Waals surface area contributed by atoms with Gasteiger partial charge in [-0.05, 0) is 47.5 Å². The second-order valence-corrected chi connectivity index (χ2v) is 11.7. The topological polar surface area (TPSA) is 31.2 Å². The van der Waals surface area contributed by atoms with Crippen molar-refractivity contribution in [1.29, 1.82) is 0 Å². The van der Waals surface area contributed by atoms with E-state index in [4.69, 9.17) is 10.2 Å². The minimum atomic E-state index is -0.786. The fraction of sp³-hybridized carbons (Fsp3) is 0.111. The Bertz CT molecular complexity index is 1730. The van der Waals surface area contributed by atoms with Crippen LogP contribution in [-0.4, -0.2) is 10.8 Å². The number of hydrazone groups is 2. The molecule has 1 atom stereocenters. The molecule has 0 aliphatic carbocycles. The van der Waals surface area contributed by atoms with Crippen molar-refractivity contribution in [1.82, 2.24) is 0 Å². The molecule has 2 aliphatic rings. The van der Waals surface area contributed by atoms with Crippen molar-refractivity contribution in [2.24, 2.45) is 10.2 Å². The molecule has 2 aliphatic heterocycles. The lowest BCUT2D eigenvalue weighted by Crippen LogP contribution is -2.54. The van der Waals surface area contributed by atoms with Crippen LogP contribution >= 0.6 is 11.8 Å². The molecule has 200 valence electrons. The van der Waals surface area contributed by atoms with Gasteiger partial charge >= 0.3 is 0 Å². The first-order valence-electron chi connectivity index (χ1n) is 14.0. The molecule has 0 amide bonds. The Morgan fingerprint density at radius 3 is 1.71 bits per heavy atom. The van der Waals surface area contributed by atoms with Crippen molar-refractivity contribution in [3.05, 3.63) is 167 Å². The third-order valence-corrected chi connectivity index (χ3v) is 8.97. The first kappa shape index (κ1) is 25.4. The number of benzene rings is 5. The molecule has 0 saturated carbocycles. The van der Waals surface area contributed by atoms with E-state index in [1.54, 1.807) is 11.8 Å². The predicted octanol–water partition coefficient (Wildman–Crippen LogP) is 8.81. The van der Waals surface area contributed by atoms with Crippen LogP contribution in [0.3, 0.4) is 0 Å². The van der Waals surface area contributed by atoms with Crippen LogP contribution in [0, 0.1) is 0 Å². The number of para-hydroxylation sites is 2. The molecule has 0 saturated heterocycles. The van der Waals surface area contributed by atoms with E-state index >= 15 is 0 Å². The van der Waals surface area contributed by atoms with Crippen LogP contribution in [-0.2, 0) is 4.99 Å². The minimum Gasteiger partial charge on any atom is -0.223 e. The Morgan fingerprint density at radius 2 is 1.10 bits per heavy atom. The van der Waals surface area contributed by atoms with Crippen LogP contribution in [0.1, 0.15) is 47.6 Å². The summed E-state index contributed by atoms with van der Waals surface area (Å²) in [6.07, 6.45) is 0. The molecular weight excluding hydrogens is 520 g/mol. The molecule has 2 heterocycles. The Balaban J connectivity index is 1.49. The van der Waals surface area contributed by atoms with Crippen LogP contribution < -0.4 is 10.0 Å². The standard InChI is InChI=1S/C36H30N4S/c1-26(2)27-22-24-28(25-23-27)34-32-20-12-13-21-33(32)36(39(37-34)30-16-8-4-9-17-30)40(31-18-10-5-11-19-31)38-35(41-36)29-14-6-3-7-15-29/h3-26H,1-2H3/t36-/m1/s1. The molecule has 0 bridgehead atoms. The Morgan fingerprint density at radius 1 is 0.561 bits per heavy atom. The number of thioether (sulfide) groups is 1. The quantitative estimate of drug-likeness (QED) is 0.219. The zero-order valence-corrected chi connectivity index (χ0v) is 23.9. The summed E-state index contributed by atoms with van der Waals surface area (Å²) in [5.74, 6) is 0.469. The zero-order chi connectivity index (χ0) is 27.8. The van der Waals surface area contributed by atoms with Crippen LogP contribution in [0.5, 0.6) is 0 Å². The van der Waals surface area contributed by atoms with E-state index in [9.17, 15) is 0 Å². The fourth-order valence-electron chi connectivity index (χ4n) is 5.51. The maximum atomic E-state index is 5.49. The highest BCUT2D eigenvalue weighted by atomic mass is 32.2. The highest BCUT2D eigenvalue weighted by Gasteiger charge is 2.55. The third-order valence-electron chi connectivity index (χ3n) is 7.61. The molecule has 41 heavy (non-hydrogen) atoms. The van der Waals surface area contributed by atoms with Gasteiger partial charge in [0.15, 0.2) is 0 Å². The lowest BCUT2D eigenvalue weighted by molar-refractivity contribution is 0.550. The zero-order valence-electron chi connectivity index (χ0n) is 23.1. The number of hydrogen-bond acceptors (Lipinski definition) is 5. The Labute approximate surface area is 245 Å². The van der Waals surface area contributed by atoms with E-state index in [1.165, 1.54) is 5.56 Å². The van der Waals surface area contributed by atoms with Crippen LogP contribution in [0.15, 0.2) is 150 Å². The number of nitrogens with zero attached hydrogens (tertiary/aromatic N) is 4. The van der Waals surface area contributed by atoms with Gasteiger partial charge in [0, 0.05) is 22.3 Å². The van der Waals surface area contributed by atoms with Crippen LogP contribution in [0.4, 0.5) is 11.4 Å². The van der Waals surface area contributed by atoms with E-state index in [1.807, 2.05) is 18.2 Å². The number of hydrogen-bond donors (Lipinski definition) is 0. The lowest BCUT2D eigenvalue weighted by Gasteiger charge is -2.47. The first-order chi connectivity index (χ1) is 20.1. The Hall–Kier alpha value is -4.61. The average Bonchev–Trinajstić information content (AvgIpc) is 3.44. The van der Waals surface area contributed by atoms with Gasteiger partial charge in [-0.2, -0.15) is 10.2 Å². The predicted molar refractivity (Wildman–Crippen MR) is 173 cm³/mol. The maximum Gasteiger partial charge on any atom is 0.234 e. The first-order valence-corrected chi connectivity index (χ1v) is 14.8. The summed E-state index contributed by atoms with van der Waals surface area (Å²) < 4.78 is 0. The molecule has 0 fully saturated rings. The lowest BCUT2D eigenvalue weighted by atomic mass is 9.92. The molecule has 4 nitrogen and oxygen atoms in total. The van der Waals surface area contributed by atoms with Crippen LogP contribution in [0.2, 0.25) is 0 Å². The van der Waals surface area contributed by atoms with Gasteiger partial charge in [-0.1, -0.05) is 129 Å². The molecule has 0 aromatic heterocycles. The van der Waals surface area contributed by atoms with Gasteiger partial charge in [-0.3, -0.25) is 0 Å². The number of rotatable bonds is 5. The molecular formula is C36H30N4S. The van der Waals surface area contributed by atoms with Gasteiger partial charge in [0.05, 0.1) is 17.1 Å². The monoisotopic (exact) mass is 550 g/mol. The normalized spacial score (nSPS) is 17.9. The largest absolute Gasteiger partial charge is 0.234 e. The highest BCUT2D eigenvalue weighted by molar-refractivity contribution is 8.15. The number of anilines is 2. The van der Waals surface area contributed by atoms with Crippen molar-refractivity contribution in [2.45, 2.75) is 24.8 Å². The van der Waals surface area contributed by atoms with Gasteiger partial charge in [-0.25, -0.2) is 10.0 Å². The van der Waals surface area contributed by atoms with E-state index < -0.39 is 4.99 Å². The van der Waals surface area contributed by atoms with Crippen LogP contribution in [0.25, 0.3) is 0 Å². The van der Waals surface area contributed by atoms with Gasteiger partial charge < -0.3 is 0 Å². The summed E-state index contributed by atoms with van der Waals surface area (Å²) in [6.45, 7) is 4.45. The van der Waals surface area contributed by atoms with Crippen molar-refractivity contribution >= 4 is 33.9 Å². The van der Waals surface area contributed by atoms with Gasteiger partial charge in [0.2, 0.25) is 4.99 Å². The summed E-state index contributed by atoms with van der Waals surface area (Å²) in [5.41, 5.74) is 8.69. The van der Waals surface area contributed by atoms with E-state index in [0.717, 1.165) is 44.4 Å². The summed E-state index contributed by atoms with van der Waals surface area (Å²) in [4.78, 5) is -0.786. The van der Waals surface area contributed by atoms with E-state index in [0.29, 0.717) is 5.92 Å². The average molecular weight is 551 g/mol. The van der Waals surface area contributed by atoms with Crippen molar-refractivity contribution in [3.8, 4) is 0 Å². The molecule has 0 unspecified atom stereocenters. The smallest absolute Gasteiger partial charge is 0.223 e. The van der Waals surface area contributed by atoms with Gasteiger partial charge in [-0.15, -0.1) is 0 Å². The second kappa shape index (κ2) is 10.4. The van der Waals surface area contributed by atoms with Gasteiger partial charge in [0.1, 0.15) is 5.04 Å². The van der Waals surface area contributed by atoms with Gasteiger partial charge in [0.25, 0.3) is 0 Å². The molecule has 5 heteroatoms. The molecule has 5 aromatic rings. The summed E-state index contributed by atoms with van der Waals surface area (Å²) in [5, 5.41) is 16.1. The molecule has 1 spiro atoms. The molecule has 5 aromatic carbocycles. The van der Waals surface area contributed by atoms with Crippen molar-refractivity contribution < 1.29 is 0 Å². The minimum absolute atomic E-state index is 0.469. The fourth-order valence-corrected chi connectivity index (χ4v) is 6.91. The summed E-state index contributed by atoms with van der Waals surface area (Å²) >= 11 is 1.73. The SMILES string of the molecule is CC(C)c1ccc(C2=NN(c3ccccc3)[C@]3(SC(c4ccccc4)=NN3c3ccccc3)c3ccccc32)cc1. The summed E-state index contributed by atoms with van der Waals surface area (Å²) in [7, 11) is 0. The number of fused-ring (bicyclic) bond motifs is 2. The highest BCUT2D eigenvalue weighted by Crippen LogP contribution is 2.55.